The van der Waals surface area contributed by atoms with Gasteiger partial charge < -0.3 is 10.1 Å². The molecule has 0 atom stereocenters. The van der Waals surface area contributed by atoms with Gasteiger partial charge in [0.1, 0.15) is 0 Å². The zero-order valence-electron chi connectivity index (χ0n) is 9.81. The normalized spacial score (nSPS) is 10.6. The van der Waals surface area contributed by atoms with E-state index in [1.54, 1.807) is 22.7 Å². The first kappa shape index (κ1) is 12.5. The summed E-state index contributed by atoms with van der Waals surface area (Å²) in [5.41, 5.74) is 0. The molecular weight excluding hydrogens is 252 g/mol. The molecule has 0 saturated carbocycles. The lowest BCUT2D eigenvalue weighted by Gasteiger charge is -1.99. The van der Waals surface area contributed by atoms with Crippen LogP contribution in [0.4, 0.5) is 5.13 Å². The predicted molar refractivity (Wildman–Crippen MR) is 73.7 cm³/mol. The second-order valence-corrected chi connectivity index (χ2v) is 5.78. The Hall–Kier alpha value is -0.910. The number of nitrogens with zero attached hydrogens (tertiary/aromatic N) is 1. The molecule has 92 valence electrons. The van der Waals surface area contributed by atoms with Gasteiger partial charge in [0.15, 0.2) is 5.13 Å². The second kappa shape index (κ2) is 6.74. The van der Waals surface area contributed by atoms with Gasteiger partial charge in [-0.15, -0.1) is 11.3 Å². The zero-order chi connectivity index (χ0) is 11.9. The molecule has 2 heterocycles. The van der Waals surface area contributed by atoms with Gasteiger partial charge in [-0.3, -0.25) is 0 Å². The van der Waals surface area contributed by atoms with E-state index in [-0.39, 0.29) is 0 Å². The average Bonchev–Trinajstić information content (AvgIpc) is 2.98. The van der Waals surface area contributed by atoms with Gasteiger partial charge in [0.05, 0.1) is 18.1 Å². The molecule has 1 N–H and O–H groups in total. The highest BCUT2D eigenvalue weighted by molar-refractivity contribution is 7.15. The third kappa shape index (κ3) is 4.11. The molecule has 0 bridgehead atoms. The summed E-state index contributed by atoms with van der Waals surface area (Å²) in [6.07, 6.45) is 3.00. The van der Waals surface area contributed by atoms with Crippen LogP contribution in [-0.4, -0.2) is 11.5 Å². The van der Waals surface area contributed by atoms with Crippen LogP contribution >= 0.6 is 22.7 Å². The first-order valence-electron chi connectivity index (χ1n) is 5.67. The summed E-state index contributed by atoms with van der Waals surface area (Å²) in [6.45, 7) is 4.45. The van der Waals surface area contributed by atoms with E-state index < -0.39 is 0 Å². The van der Waals surface area contributed by atoms with E-state index in [2.05, 4.69) is 28.7 Å². The molecule has 0 amide bonds. The molecule has 0 radical (unpaired) electrons. The van der Waals surface area contributed by atoms with Crippen LogP contribution in [0.3, 0.4) is 0 Å². The highest BCUT2D eigenvalue weighted by Crippen LogP contribution is 2.19. The van der Waals surface area contributed by atoms with Crippen molar-refractivity contribution in [3.8, 4) is 0 Å². The monoisotopic (exact) mass is 268 g/mol. The van der Waals surface area contributed by atoms with Gasteiger partial charge in [-0.2, -0.15) is 0 Å². The molecule has 2 aromatic heterocycles. The molecule has 0 aliphatic carbocycles. The summed E-state index contributed by atoms with van der Waals surface area (Å²) >= 11 is 3.39. The molecule has 3 nitrogen and oxygen atoms in total. The number of nitrogens with one attached hydrogen (secondary N) is 1. The van der Waals surface area contributed by atoms with E-state index in [9.17, 15) is 0 Å². The highest BCUT2D eigenvalue weighted by Gasteiger charge is 2.01. The van der Waals surface area contributed by atoms with Gasteiger partial charge in [-0.25, -0.2) is 4.98 Å². The van der Waals surface area contributed by atoms with Gasteiger partial charge in [0.25, 0.3) is 0 Å². The van der Waals surface area contributed by atoms with E-state index >= 15 is 0 Å². The Morgan fingerprint density at radius 1 is 1.35 bits per heavy atom. The Balaban J connectivity index is 1.73. The Morgan fingerprint density at radius 2 is 2.24 bits per heavy atom. The SMILES string of the molecule is CCCNc1ncc(COCc2cccs2)s1. The maximum absolute atomic E-state index is 5.63. The number of thiophene rings is 1. The molecule has 0 aliphatic rings. The zero-order valence-corrected chi connectivity index (χ0v) is 11.4. The molecule has 2 aromatic rings. The first-order chi connectivity index (χ1) is 8.38. The Morgan fingerprint density at radius 3 is 3.00 bits per heavy atom. The third-order valence-corrected chi connectivity index (χ3v) is 3.93. The van der Waals surface area contributed by atoms with Crippen molar-refractivity contribution < 1.29 is 4.74 Å². The van der Waals surface area contributed by atoms with Crippen LogP contribution in [0.2, 0.25) is 0 Å². The largest absolute Gasteiger partial charge is 0.370 e. The number of rotatable bonds is 7. The molecule has 0 unspecified atom stereocenters. The summed E-state index contributed by atoms with van der Waals surface area (Å²) < 4.78 is 5.63. The third-order valence-electron chi connectivity index (χ3n) is 2.15. The quantitative estimate of drug-likeness (QED) is 0.830. The van der Waals surface area contributed by atoms with Crippen molar-refractivity contribution in [1.29, 1.82) is 0 Å². The van der Waals surface area contributed by atoms with Crippen molar-refractivity contribution in [1.82, 2.24) is 4.98 Å². The number of hydrogen-bond acceptors (Lipinski definition) is 5. The first-order valence-corrected chi connectivity index (χ1v) is 7.37. The summed E-state index contributed by atoms with van der Waals surface area (Å²) in [6, 6.07) is 4.13. The molecule has 5 heteroatoms. The van der Waals surface area contributed by atoms with Gasteiger partial charge in [0, 0.05) is 17.6 Å². The maximum Gasteiger partial charge on any atom is 0.182 e. The fraction of sp³-hybridized carbons (Fsp3) is 0.417. The van der Waals surface area contributed by atoms with Crippen molar-refractivity contribution in [2.24, 2.45) is 0 Å². The van der Waals surface area contributed by atoms with Crippen LogP contribution in [0.1, 0.15) is 23.1 Å². The van der Waals surface area contributed by atoms with Crippen molar-refractivity contribution in [3.63, 3.8) is 0 Å². The Bertz CT molecular complexity index is 425. The fourth-order valence-corrected chi connectivity index (χ4v) is 2.75. The van der Waals surface area contributed by atoms with Crippen LogP contribution in [0, 0.1) is 0 Å². The van der Waals surface area contributed by atoms with E-state index in [1.807, 2.05) is 12.3 Å². The molecule has 2 rings (SSSR count). The van der Waals surface area contributed by atoms with Crippen LogP contribution in [0.5, 0.6) is 0 Å². The highest BCUT2D eigenvalue weighted by atomic mass is 32.1. The maximum atomic E-state index is 5.63. The van der Waals surface area contributed by atoms with E-state index in [4.69, 9.17) is 4.74 Å². The summed E-state index contributed by atoms with van der Waals surface area (Å²) in [7, 11) is 0. The molecular formula is C12H16N2OS2. The van der Waals surface area contributed by atoms with Gasteiger partial charge in [-0.1, -0.05) is 24.3 Å². The standard InChI is InChI=1S/C12H16N2OS2/c1-2-5-13-12-14-7-11(17-12)9-15-8-10-4-3-6-16-10/h3-4,6-7H,2,5,8-9H2,1H3,(H,13,14). The lowest BCUT2D eigenvalue weighted by Crippen LogP contribution is -1.97. The molecule has 0 saturated heterocycles. The minimum atomic E-state index is 0.642. The van der Waals surface area contributed by atoms with Crippen LogP contribution in [0.25, 0.3) is 0 Å². The number of anilines is 1. The summed E-state index contributed by atoms with van der Waals surface area (Å²) in [5.74, 6) is 0. The van der Waals surface area contributed by atoms with E-state index in [1.165, 1.54) is 9.75 Å². The van der Waals surface area contributed by atoms with Gasteiger partial charge in [0.2, 0.25) is 0 Å². The average molecular weight is 268 g/mol. The lowest BCUT2D eigenvalue weighted by atomic mass is 10.5. The van der Waals surface area contributed by atoms with Crippen LogP contribution in [-0.2, 0) is 18.0 Å². The Kier molecular flexibility index (Phi) is 4.97. The van der Waals surface area contributed by atoms with E-state index in [0.717, 1.165) is 18.1 Å². The van der Waals surface area contributed by atoms with Crippen molar-refractivity contribution >= 4 is 27.8 Å². The number of thiazole rings is 1. The smallest absolute Gasteiger partial charge is 0.182 e. The topological polar surface area (TPSA) is 34.2 Å². The van der Waals surface area contributed by atoms with Gasteiger partial charge in [-0.05, 0) is 17.9 Å². The van der Waals surface area contributed by atoms with Crippen LogP contribution < -0.4 is 5.32 Å². The number of hydrogen-bond donors (Lipinski definition) is 1. The number of ether oxygens (including phenoxy) is 1. The van der Waals surface area contributed by atoms with Crippen molar-refractivity contribution in [3.05, 3.63) is 33.5 Å². The fourth-order valence-electron chi connectivity index (χ4n) is 1.33. The minimum Gasteiger partial charge on any atom is -0.370 e. The molecule has 0 aliphatic heterocycles. The molecule has 0 spiro atoms. The lowest BCUT2D eigenvalue weighted by molar-refractivity contribution is 0.111. The molecule has 17 heavy (non-hydrogen) atoms. The number of aromatic nitrogens is 1. The second-order valence-electron chi connectivity index (χ2n) is 3.63. The van der Waals surface area contributed by atoms with Crippen molar-refractivity contribution in [2.45, 2.75) is 26.6 Å². The minimum absolute atomic E-state index is 0.642. The van der Waals surface area contributed by atoms with Crippen LogP contribution in [0.15, 0.2) is 23.7 Å². The van der Waals surface area contributed by atoms with Gasteiger partial charge >= 0.3 is 0 Å². The summed E-state index contributed by atoms with van der Waals surface area (Å²) in [5, 5.41) is 6.33. The molecule has 0 fully saturated rings. The summed E-state index contributed by atoms with van der Waals surface area (Å²) in [4.78, 5) is 6.73. The predicted octanol–water partition coefficient (Wildman–Crippen LogP) is 3.74. The molecule has 0 aromatic carbocycles. The Labute approximate surface area is 109 Å². The van der Waals surface area contributed by atoms with E-state index in [0.29, 0.717) is 13.2 Å². The van der Waals surface area contributed by atoms with Crippen molar-refractivity contribution in [2.75, 3.05) is 11.9 Å².